The molecule has 140 valence electrons. The Bertz CT molecular complexity index is 712. The van der Waals surface area contributed by atoms with E-state index in [1.807, 2.05) is 32.0 Å². The van der Waals surface area contributed by atoms with Crippen LogP contribution in [0.1, 0.15) is 43.9 Å². The first-order valence-electron chi connectivity index (χ1n) is 9.32. The van der Waals surface area contributed by atoms with Gasteiger partial charge < -0.3 is 14.2 Å². The summed E-state index contributed by atoms with van der Waals surface area (Å²) in [5.74, 6) is 2.51. The van der Waals surface area contributed by atoms with Crippen LogP contribution in [0.2, 0.25) is 0 Å². The van der Waals surface area contributed by atoms with Crippen molar-refractivity contribution in [2.45, 2.75) is 45.4 Å². The van der Waals surface area contributed by atoms with Crippen LogP contribution in [0.4, 0.5) is 0 Å². The van der Waals surface area contributed by atoms with Crippen molar-refractivity contribution in [2.24, 2.45) is 0 Å². The second-order valence-electron chi connectivity index (χ2n) is 7.05. The molecule has 26 heavy (non-hydrogen) atoms. The van der Waals surface area contributed by atoms with Gasteiger partial charge in [-0.2, -0.15) is 0 Å². The van der Waals surface area contributed by atoms with Crippen LogP contribution in [0.25, 0.3) is 0 Å². The van der Waals surface area contributed by atoms with Crippen molar-refractivity contribution in [2.75, 3.05) is 20.8 Å². The van der Waals surface area contributed by atoms with E-state index in [0.717, 1.165) is 30.3 Å². The minimum Gasteiger partial charge on any atom is -0.497 e. The largest absolute Gasteiger partial charge is 0.497 e. The lowest BCUT2D eigenvalue weighted by Crippen LogP contribution is -2.22. The highest BCUT2D eigenvalue weighted by molar-refractivity contribution is 5.43. The zero-order valence-electron chi connectivity index (χ0n) is 16.2. The lowest BCUT2D eigenvalue weighted by Gasteiger charge is -2.25. The molecule has 1 heterocycles. The van der Waals surface area contributed by atoms with Crippen LogP contribution in [-0.4, -0.2) is 31.8 Å². The molecule has 3 rings (SSSR count). The number of hydrogen-bond donors (Lipinski definition) is 0. The molecule has 4 nitrogen and oxygen atoms in total. The highest BCUT2D eigenvalue weighted by Gasteiger charge is 2.26. The van der Waals surface area contributed by atoms with Crippen LogP contribution < -0.4 is 14.2 Å². The van der Waals surface area contributed by atoms with E-state index in [0.29, 0.717) is 6.04 Å². The molecule has 2 aromatic carbocycles. The number of methoxy groups -OCH3 is 2. The first-order valence-corrected chi connectivity index (χ1v) is 9.32. The summed E-state index contributed by atoms with van der Waals surface area (Å²) in [5, 5.41) is 0. The standard InChI is InChI=1S/C22H29NO3/c1-16(2)26-21-12-7-17(14-22(21)25-4)15-23-13-5-6-20(23)18-8-10-19(24-3)11-9-18/h7-12,14,16,20H,5-6,13,15H2,1-4H3. The van der Waals surface area contributed by atoms with Crippen molar-refractivity contribution < 1.29 is 14.2 Å². The average Bonchev–Trinajstić information content (AvgIpc) is 3.10. The normalized spacial score (nSPS) is 17.5. The van der Waals surface area contributed by atoms with Crippen LogP contribution in [0.5, 0.6) is 17.2 Å². The Morgan fingerprint density at radius 1 is 1.00 bits per heavy atom. The minimum atomic E-state index is 0.132. The zero-order chi connectivity index (χ0) is 18.5. The third-order valence-electron chi connectivity index (χ3n) is 4.84. The van der Waals surface area contributed by atoms with Gasteiger partial charge in [-0.1, -0.05) is 18.2 Å². The molecule has 0 saturated carbocycles. The molecule has 0 amide bonds. The molecule has 1 aliphatic heterocycles. The molecule has 1 fully saturated rings. The van der Waals surface area contributed by atoms with Crippen LogP contribution in [0, 0.1) is 0 Å². The Morgan fingerprint density at radius 3 is 2.42 bits per heavy atom. The van der Waals surface area contributed by atoms with Gasteiger partial charge in [0.1, 0.15) is 5.75 Å². The number of benzene rings is 2. The van der Waals surface area contributed by atoms with E-state index in [4.69, 9.17) is 14.2 Å². The summed E-state index contributed by atoms with van der Waals surface area (Å²) in [4.78, 5) is 2.54. The van der Waals surface area contributed by atoms with Crippen molar-refractivity contribution in [1.82, 2.24) is 4.90 Å². The van der Waals surface area contributed by atoms with E-state index < -0.39 is 0 Å². The molecule has 0 aromatic heterocycles. The third kappa shape index (κ3) is 4.31. The van der Waals surface area contributed by atoms with Gasteiger partial charge in [0.25, 0.3) is 0 Å². The summed E-state index contributed by atoms with van der Waals surface area (Å²) in [7, 11) is 3.40. The van der Waals surface area contributed by atoms with Gasteiger partial charge in [0.15, 0.2) is 11.5 Å². The zero-order valence-corrected chi connectivity index (χ0v) is 16.2. The molecule has 4 heteroatoms. The van der Waals surface area contributed by atoms with Gasteiger partial charge in [0.2, 0.25) is 0 Å². The van der Waals surface area contributed by atoms with E-state index in [-0.39, 0.29) is 6.10 Å². The number of hydrogen-bond acceptors (Lipinski definition) is 4. The number of ether oxygens (including phenoxy) is 3. The maximum absolute atomic E-state index is 5.82. The molecule has 0 N–H and O–H groups in total. The predicted octanol–water partition coefficient (Wildman–Crippen LogP) is 4.83. The molecule has 0 bridgehead atoms. The van der Waals surface area contributed by atoms with Crippen LogP contribution in [0.15, 0.2) is 42.5 Å². The average molecular weight is 355 g/mol. The van der Waals surface area contributed by atoms with Crippen LogP contribution in [0.3, 0.4) is 0 Å². The van der Waals surface area contributed by atoms with Crippen molar-refractivity contribution in [3.05, 3.63) is 53.6 Å². The number of likely N-dealkylation sites (tertiary alicyclic amines) is 1. The fourth-order valence-corrected chi connectivity index (χ4v) is 3.62. The quantitative estimate of drug-likeness (QED) is 0.712. The summed E-state index contributed by atoms with van der Waals surface area (Å²) in [6.07, 6.45) is 2.55. The summed E-state index contributed by atoms with van der Waals surface area (Å²) < 4.78 is 16.6. The van der Waals surface area contributed by atoms with E-state index in [1.165, 1.54) is 24.0 Å². The molecule has 1 saturated heterocycles. The first-order chi connectivity index (χ1) is 12.6. The topological polar surface area (TPSA) is 30.9 Å². The Hall–Kier alpha value is -2.20. The Kier molecular flexibility index (Phi) is 6.04. The van der Waals surface area contributed by atoms with Gasteiger partial charge in [0, 0.05) is 12.6 Å². The molecule has 1 unspecified atom stereocenters. The minimum absolute atomic E-state index is 0.132. The van der Waals surface area contributed by atoms with Gasteiger partial charge in [-0.15, -0.1) is 0 Å². The van der Waals surface area contributed by atoms with Gasteiger partial charge in [-0.3, -0.25) is 4.90 Å². The Balaban J connectivity index is 1.74. The van der Waals surface area contributed by atoms with Gasteiger partial charge in [0.05, 0.1) is 20.3 Å². The molecule has 2 aromatic rings. The highest BCUT2D eigenvalue weighted by atomic mass is 16.5. The Labute approximate surface area is 156 Å². The summed E-state index contributed by atoms with van der Waals surface area (Å²) in [6.45, 7) is 6.08. The highest BCUT2D eigenvalue weighted by Crippen LogP contribution is 2.35. The fraction of sp³-hybridized carbons (Fsp3) is 0.455. The molecule has 0 spiro atoms. The monoisotopic (exact) mass is 355 g/mol. The predicted molar refractivity (Wildman–Crippen MR) is 104 cm³/mol. The smallest absolute Gasteiger partial charge is 0.161 e. The lowest BCUT2D eigenvalue weighted by atomic mass is 10.0. The van der Waals surface area contributed by atoms with Crippen molar-refractivity contribution in [3.8, 4) is 17.2 Å². The van der Waals surface area contributed by atoms with Crippen molar-refractivity contribution in [1.29, 1.82) is 0 Å². The maximum Gasteiger partial charge on any atom is 0.161 e. The molecule has 1 aliphatic rings. The van der Waals surface area contributed by atoms with E-state index >= 15 is 0 Å². The summed E-state index contributed by atoms with van der Waals surface area (Å²) >= 11 is 0. The van der Waals surface area contributed by atoms with Gasteiger partial charge in [-0.25, -0.2) is 0 Å². The van der Waals surface area contributed by atoms with Gasteiger partial charge >= 0.3 is 0 Å². The maximum atomic E-state index is 5.82. The first kappa shape index (κ1) is 18.6. The Morgan fingerprint density at radius 2 is 1.77 bits per heavy atom. The number of rotatable bonds is 7. The second kappa shape index (κ2) is 8.45. The van der Waals surface area contributed by atoms with E-state index in [2.05, 4.69) is 29.2 Å². The van der Waals surface area contributed by atoms with E-state index in [9.17, 15) is 0 Å². The van der Waals surface area contributed by atoms with Crippen LogP contribution >= 0.6 is 0 Å². The third-order valence-corrected chi connectivity index (χ3v) is 4.84. The second-order valence-corrected chi connectivity index (χ2v) is 7.05. The summed E-state index contributed by atoms with van der Waals surface area (Å²) in [6, 6.07) is 15.2. The fourth-order valence-electron chi connectivity index (χ4n) is 3.62. The molecular weight excluding hydrogens is 326 g/mol. The SMILES string of the molecule is COc1ccc(C2CCCN2Cc2ccc(OC(C)C)c(OC)c2)cc1. The van der Waals surface area contributed by atoms with Gasteiger partial charge in [-0.05, 0) is 68.6 Å². The molecule has 1 atom stereocenters. The van der Waals surface area contributed by atoms with Crippen molar-refractivity contribution >= 4 is 0 Å². The molecule has 0 radical (unpaired) electrons. The summed E-state index contributed by atoms with van der Waals surface area (Å²) in [5.41, 5.74) is 2.60. The molecular formula is C22H29NO3. The molecule has 0 aliphatic carbocycles. The van der Waals surface area contributed by atoms with Crippen LogP contribution in [-0.2, 0) is 6.54 Å². The lowest BCUT2D eigenvalue weighted by molar-refractivity contribution is 0.228. The van der Waals surface area contributed by atoms with Crippen molar-refractivity contribution in [3.63, 3.8) is 0 Å². The number of nitrogens with zero attached hydrogens (tertiary/aromatic N) is 1. The van der Waals surface area contributed by atoms with E-state index in [1.54, 1.807) is 14.2 Å².